The first kappa shape index (κ1) is 23.7. The molecule has 10 heteroatoms. The Balaban J connectivity index is 1.74. The van der Waals surface area contributed by atoms with Gasteiger partial charge in [-0.25, -0.2) is 16.8 Å². The Morgan fingerprint density at radius 2 is 1.45 bits per heavy atom. The molecule has 0 bridgehead atoms. The Kier molecular flexibility index (Phi) is 6.81. The molecule has 1 aliphatic rings. The Labute approximate surface area is 188 Å². The number of hydrogen-bond donors (Lipinski definition) is 0. The van der Waals surface area contributed by atoms with Crippen LogP contribution in [0.3, 0.4) is 0 Å². The smallest absolute Gasteiger partial charge is 0.255 e. The van der Waals surface area contributed by atoms with Gasteiger partial charge in [-0.15, -0.1) is 0 Å². The fraction of sp³-hybridized carbons (Fsp3) is 0.381. The zero-order valence-electron chi connectivity index (χ0n) is 17.6. The number of nitrogens with zero attached hydrogens (tertiary/aromatic N) is 2. The van der Waals surface area contributed by atoms with E-state index in [0.717, 1.165) is 11.8 Å². The molecule has 0 unspecified atom stereocenters. The molecule has 7 nitrogen and oxygen atoms in total. The van der Waals surface area contributed by atoms with Crippen molar-refractivity contribution in [2.24, 2.45) is 0 Å². The lowest BCUT2D eigenvalue weighted by Gasteiger charge is -2.34. The zero-order valence-corrected chi connectivity index (χ0v) is 20.0. The van der Waals surface area contributed by atoms with Gasteiger partial charge in [0.2, 0.25) is 10.0 Å². The fourth-order valence-electron chi connectivity index (χ4n) is 3.37. The van der Waals surface area contributed by atoms with E-state index in [2.05, 4.69) is 0 Å². The van der Waals surface area contributed by atoms with Gasteiger partial charge in [0, 0.05) is 32.4 Å². The number of sulfone groups is 1. The molecule has 1 heterocycles. The summed E-state index contributed by atoms with van der Waals surface area (Å²) < 4.78 is 50.9. The van der Waals surface area contributed by atoms with Gasteiger partial charge >= 0.3 is 0 Å². The molecule has 2 aromatic carbocycles. The summed E-state index contributed by atoms with van der Waals surface area (Å²) in [4.78, 5) is 14.6. The van der Waals surface area contributed by atoms with Gasteiger partial charge in [0.25, 0.3) is 5.91 Å². The number of amides is 1. The molecular weight excluding hydrogens is 460 g/mol. The summed E-state index contributed by atoms with van der Waals surface area (Å²) in [5, 5.41) is 0.151. The average molecular weight is 485 g/mol. The monoisotopic (exact) mass is 484 g/mol. The van der Waals surface area contributed by atoms with Gasteiger partial charge in [-0.05, 0) is 41.8 Å². The highest BCUT2D eigenvalue weighted by Gasteiger charge is 2.31. The number of halogens is 1. The molecule has 0 saturated carbocycles. The van der Waals surface area contributed by atoms with E-state index in [4.69, 9.17) is 11.6 Å². The van der Waals surface area contributed by atoms with Crippen LogP contribution in [0, 0.1) is 0 Å². The molecule has 1 saturated heterocycles. The molecule has 0 radical (unpaired) electrons. The van der Waals surface area contributed by atoms with Gasteiger partial charge in [0.05, 0.1) is 20.4 Å². The third kappa shape index (κ3) is 5.11. The van der Waals surface area contributed by atoms with Crippen LogP contribution in [0.25, 0.3) is 0 Å². The predicted molar refractivity (Wildman–Crippen MR) is 120 cm³/mol. The molecule has 0 N–H and O–H groups in total. The summed E-state index contributed by atoms with van der Waals surface area (Å²) in [5.74, 6) is -0.117. The van der Waals surface area contributed by atoms with Crippen LogP contribution >= 0.6 is 11.6 Å². The van der Waals surface area contributed by atoms with Gasteiger partial charge in [-0.1, -0.05) is 37.6 Å². The molecule has 31 heavy (non-hydrogen) atoms. The molecule has 1 fully saturated rings. The number of piperazine rings is 1. The van der Waals surface area contributed by atoms with Crippen molar-refractivity contribution < 1.29 is 21.6 Å². The van der Waals surface area contributed by atoms with Crippen LogP contribution < -0.4 is 0 Å². The molecule has 0 spiro atoms. The summed E-state index contributed by atoms with van der Waals surface area (Å²) in [6.45, 7) is 4.73. The molecule has 0 atom stereocenters. The van der Waals surface area contributed by atoms with E-state index in [0.29, 0.717) is 5.92 Å². The van der Waals surface area contributed by atoms with Gasteiger partial charge in [0.15, 0.2) is 9.84 Å². The fourth-order valence-corrected chi connectivity index (χ4v) is 5.64. The molecule has 3 rings (SSSR count). The van der Waals surface area contributed by atoms with Crippen LogP contribution in [0.2, 0.25) is 5.02 Å². The Morgan fingerprint density at radius 3 is 1.97 bits per heavy atom. The second kappa shape index (κ2) is 8.90. The second-order valence-electron chi connectivity index (χ2n) is 7.83. The number of carbonyl (C=O) groups is 1. The van der Waals surface area contributed by atoms with Crippen molar-refractivity contribution in [2.75, 3.05) is 32.4 Å². The van der Waals surface area contributed by atoms with E-state index in [9.17, 15) is 21.6 Å². The van der Waals surface area contributed by atoms with E-state index in [1.807, 2.05) is 26.0 Å². The summed E-state index contributed by atoms with van der Waals surface area (Å²) in [6.07, 6.45) is 1.06. The van der Waals surface area contributed by atoms with E-state index >= 15 is 0 Å². The van der Waals surface area contributed by atoms with Gasteiger partial charge < -0.3 is 4.90 Å². The Morgan fingerprint density at radius 1 is 0.903 bits per heavy atom. The van der Waals surface area contributed by atoms with Crippen LogP contribution in [0.15, 0.2) is 52.3 Å². The van der Waals surface area contributed by atoms with Crippen LogP contribution in [-0.2, 0) is 19.9 Å². The minimum Gasteiger partial charge on any atom is -0.336 e. The van der Waals surface area contributed by atoms with Crippen LogP contribution in [-0.4, -0.2) is 64.4 Å². The maximum atomic E-state index is 13.0. The minimum absolute atomic E-state index is 0.00584. The van der Waals surface area contributed by atoms with Crippen molar-refractivity contribution in [1.82, 2.24) is 9.21 Å². The van der Waals surface area contributed by atoms with Crippen LogP contribution in [0.4, 0.5) is 0 Å². The molecular formula is C21H25ClN2O5S2. The first-order valence-corrected chi connectivity index (χ1v) is 13.5. The van der Waals surface area contributed by atoms with Crippen molar-refractivity contribution in [1.29, 1.82) is 0 Å². The third-order valence-corrected chi connectivity index (χ3v) is 8.66. The highest BCUT2D eigenvalue weighted by molar-refractivity contribution is 7.90. The van der Waals surface area contributed by atoms with Gasteiger partial charge in [-0.3, -0.25) is 4.79 Å². The zero-order chi connectivity index (χ0) is 23.0. The Bertz CT molecular complexity index is 1180. The van der Waals surface area contributed by atoms with E-state index in [1.165, 1.54) is 27.4 Å². The highest BCUT2D eigenvalue weighted by atomic mass is 35.5. The van der Waals surface area contributed by atoms with Crippen molar-refractivity contribution in [3.05, 3.63) is 58.6 Å². The number of sulfonamides is 1. The number of carbonyl (C=O) groups excluding carboxylic acids is 1. The number of benzene rings is 2. The predicted octanol–water partition coefficient (Wildman–Crippen LogP) is 3.01. The van der Waals surface area contributed by atoms with E-state index in [1.54, 1.807) is 12.1 Å². The lowest BCUT2D eigenvalue weighted by atomic mass is 10.0. The summed E-state index contributed by atoms with van der Waals surface area (Å²) in [6, 6.07) is 10.8. The standard InChI is InChI=1S/C21H25ClN2O5S2/c1-15(2)16-4-6-17(7-5-16)31(28,29)24-12-10-23(11-13-24)21(25)19-14-18(30(3,26)27)8-9-20(19)22/h4-9,14-15H,10-13H2,1-3H3. The maximum absolute atomic E-state index is 13.0. The largest absolute Gasteiger partial charge is 0.336 e. The van der Waals surface area contributed by atoms with Gasteiger partial charge in [0.1, 0.15) is 0 Å². The molecule has 168 valence electrons. The van der Waals surface area contributed by atoms with Gasteiger partial charge in [-0.2, -0.15) is 4.31 Å². The molecule has 2 aromatic rings. The van der Waals surface area contributed by atoms with Crippen molar-refractivity contribution >= 4 is 37.4 Å². The molecule has 1 aliphatic heterocycles. The first-order chi connectivity index (χ1) is 14.4. The lowest BCUT2D eigenvalue weighted by molar-refractivity contribution is 0.0698. The quantitative estimate of drug-likeness (QED) is 0.650. The third-order valence-electron chi connectivity index (χ3n) is 5.31. The minimum atomic E-state index is -3.66. The number of hydrogen-bond acceptors (Lipinski definition) is 5. The van der Waals surface area contributed by atoms with E-state index in [-0.39, 0.29) is 46.6 Å². The van der Waals surface area contributed by atoms with Crippen molar-refractivity contribution in [3.63, 3.8) is 0 Å². The summed E-state index contributed by atoms with van der Waals surface area (Å²) in [5.41, 5.74) is 1.15. The maximum Gasteiger partial charge on any atom is 0.255 e. The summed E-state index contributed by atoms with van der Waals surface area (Å²) in [7, 11) is -7.15. The van der Waals surface area contributed by atoms with Crippen molar-refractivity contribution in [2.45, 2.75) is 29.6 Å². The summed E-state index contributed by atoms with van der Waals surface area (Å²) >= 11 is 6.13. The van der Waals surface area contributed by atoms with Crippen LogP contribution in [0.5, 0.6) is 0 Å². The topological polar surface area (TPSA) is 91.8 Å². The first-order valence-electron chi connectivity index (χ1n) is 9.80. The SMILES string of the molecule is CC(C)c1ccc(S(=O)(=O)N2CCN(C(=O)c3cc(S(C)(=O)=O)ccc3Cl)CC2)cc1. The van der Waals surface area contributed by atoms with Crippen molar-refractivity contribution in [3.8, 4) is 0 Å². The number of rotatable bonds is 5. The molecule has 0 aliphatic carbocycles. The second-order valence-corrected chi connectivity index (χ2v) is 12.2. The molecule has 0 aromatic heterocycles. The van der Waals surface area contributed by atoms with E-state index < -0.39 is 25.8 Å². The normalized spacial score (nSPS) is 16.0. The lowest BCUT2D eigenvalue weighted by Crippen LogP contribution is -2.50. The Hall–Kier alpha value is -1.94. The van der Waals surface area contributed by atoms with Crippen LogP contribution in [0.1, 0.15) is 35.7 Å². The average Bonchev–Trinajstić information content (AvgIpc) is 2.73. The highest BCUT2D eigenvalue weighted by Crippen LogP contribution is 2.24. The molecule has 1 amide bonds.